The largest absolute Gasteiger partial charge is 0.497 e. The Bertz CT molecular complexity index is 964. The van der Waals surface area contributed by atoms with Gasteiger partial charge in [-0.2, -0.15) is 0 Å². The number of benzene rings is 2. The molecular formula is C24H28N4O4. The summed E-state index contributed by atoms with van der Waals surface area (Å²) in [6, 6.07) is 15.9. The number of para-hydroxylation sites is 1. The number of fused-ring (bicyclic) bond motifs is 1. The first-order chi connectivity index (χ1) is 15.5. The first kappa shape index (κ1) is 21.8. The van der Waals surface area contributed by atoms with Gasteiger partial charge in [0.1, 0.15) is 5.75 Å². The fourth-order valence-corrected chi connectivity index (χ4v) is 4.40. The van der Waals surface area contributed by atoms with Gasteiger partial charge in [-0.1, -0.05) is 18.2 Å². The maximum Gasteiger partial charge on any atom is 0.251 e. The topological polar surface area (TPSA) is 99.8 Å². The number of hydrogen-bond donors (Lipinski definition) is 3. The van der Waals surface area contributed by atoms with Crippen molar-refractivity contribution in [2.24, 2.45) is 0 Å². The molecule has 168 valence electrons. The fourth-order valence-electron chi connectivity index (χ4n) is 4.40. The molecule has 3 atom stereocenters. The first-order valence-corrected chi connectivity index (χ1v) is 10.9. The molecule has 0 bridgehead atoms. The molecule has 2 fully saturated rings. The third-order valence-corrected chi connectivity index (χ3v) is 6.07. The van der Waals surface area contributed by atoms with Crippen LogP contribution in [0.5, 0.6) is 5.75 Å². The Hall–Kier alpha value is -3.39. The van der Waals surface area contributed by atoms with Gasteiger partial charge in [0.2, 0.25) is 11.8 Å². The minimum Gasteiger partial charge on any atom is -0.497 e. The van der Waals surface area contributed by atoms with Crippen LogP contribution in [0, 0.1) is 0 Å². The third kappa shape index (κ3) is 5.08. The summed E-state index contributed by atoms with van der Waals surface area (Å²) in [5.41, 5.74) is 1.32. The van der Waals surface area contributed by atoms with Gasteiger partial charge in [0, 0.05) is 42.8 Å². The van der Waals surface area contributed by atoms with Crippen LogP contribution in [0.25, 0.3) is 0 Å². The van der Waals surface area contributed by atoms with Gasteiger partial charge < -0.3 is 20.7 Å². The summed E-state index contributed by atoms with van der Waals surface area (Å²) < 4.78 is 5.13. The van der Waals surface area contributed by atoms with E-state index in [0.717, 1.165) is 5.69 Å². The van der Waals surface area contributed by atoms with E-state index in [9.17, 15) is 14.4 Å². The van der Waals surface area contributed by atoms with Gasteiger partial charge in [0.25, 0.3) is 5.91 Å². The van der Waals surface area contributed by atoms with Crippen molar-refractivity contribution in [2.75, 3.05) is 25.5 Å². The van der Waals surface area contributed by atoms with Crippen LogP contribution in [0.4, 0.5) is 5.69 Å². The SMILES string of the molecule is COc1ccc(C(=O)N[C@@H]2C[C@H]3C(=O)NC[C@@H](CCC(=O)Nc4ccccc4)N3C2)cc1. The molecule has 0 aromatic heterocycles. The molecule has 3 amide bonds. The number of carbonyl (C=O) groups excluding carboxylic acids is 3. The average molecular weight is 437 g/mol. The summed E-state index contributed by atoms with van der Waals surface area (Å²) >= 11 is 0. The van der Waals surface area contributed by atoms with E-state index in [1.165, 1.54) is 0 Å². The summed E-state index contributed by atoms with van der Waals surface area (Å²) in [5, 5.41) is 8.90. The molecule has 0 saturated carbocycles. The van der Waals surface area contributed by atoms with Crippen molar-refractivity contribution in [1.82, 2.24) is 15.5 Å². The van der Waals surface area contributed by atoms with Crippen LogP contribution < -0.4 is 20.7 Å². The molecule has 2 aliphatic heterocycles. The standard InChI is InChI=1S/C24H28N4O4/c1-32-20-10-7-16(8-11-20)23(30)27-18-13-21-24(31)25-14-19(28(21)15-18)9-12-22(29)26-17-5-3-2-4-6-17/h2-8,10-11,18-19,21H,9,12-15H2,1H3,(H,25,31)(H,26,29)(H,27,30)/t18-,19-,21+/m1/s1. The van der Waals surface area contributed by atoms with Crippen LogP contribution in [0.15, 0.2) is 54.6 Å². The smallest absolute Gasteiger partial charge is 0.251 e. The number of anilines is 1. The van der Waals surface area contributed by atoms with E-state index in [1.54, 1.807) is 31.4 Å². The zero-order valence-electron chi connectivity index (χ0n) is 18.0. The molecule has 2 saturated heterocycles. The molecule has 0 spiro atoms. The molecule has 0 radical (unpaired) electrons. The summed E-state index contributed by atoms with van der Waals surface area (Å²) in [6.07, 6.45) is 1.55. The highest BCUT2D eigenvalue weighted by Gasteiger charge is 2.43. The Kier molecular flexibility index (Phi) is 6.70. The zero-order valence-corrected chi connectivity index (χ0v) is 18.0. The molecule has 0 aliphatic carbocycles. The summed E-state index contributed by atoms with van der Waals surface area (Å²) in [7, 11) is 1.58. The first-order valence-electron chi connectivity index (χ1n) is 10.9. The molecule has 3 N–H and O–H groups in total. The predicted octanol–water partition coefficient (Wildman–Crippen LogP) is 1.79. The Morgan fingerprint density at radius 3 is 2.59 bits per heavy atom. The van der Waals surface area contributed by atoms with Crippen molar-refractivity contribution >= 4 is 23.4 Å². The Morgan fingerprint density at radius 1 is 1.12 bits per heavy atom. The molecule has 0 unspecified atom stereocenters. The van der Waals surface area contributed by atoms with Crippen LogP contribution in [0.1, 0.15) is 29.6 Å². The van der Waals surface area contributed by atoms with Crippen LogP contribution in [-0.4, -0.2) is 60.9 Å². The number of carbonyl (C=O) groups is 3. The zero-order chi connectivity index (χ0) is 22.5. The van der Waals surface area contributed by atoms with Gasteiger partial charge in [-0.05, 0) is 49.2 Å². The Balaban J connectivity index is 1.32. The summed E-state index contributed by atoms with van der Waals surface area (Å²) in [6.45, 7) is 1.10. The number of nitrogens with one attached hydrogen (secondary N) is 3. The molecule has 32 heavy (non-hydrogen) atoms. The van der Waals surface area contributed by atoms with Crippen LogP contribution in [0.3, 0.4) is 0 Å². The van der Waals surface area contributed by atoms with E-state index in [0.29, 0.717) is 43.7 Å². The lowest BCUT2D eigenvalue weighted by Crippen LogP contribution is -2.57. The van der Waals surface area contributed by atoms with Gasteiger partial charge in [0.05, 0.1) is 13.2 Å². The van der Waals surface area contributed by atoms with Gasteiger partial charge >= 0.3 is 0 Å². The number of ether oxygens (including phenoxy) is 1. The lowest BCUT2D eigenvalue weighted by Gasteiger charge is -2.37. The lowest BCUT2D eigenvalue weighted by atomic mass is 10.0. The van der Waals surface area contributed by atoms with E-state index in [-0.39, 0.29) is 35.8 Å². The predicted molar refractivity (Wildman–Crippen MR) is 120 cm³/mol. The minimum atomic E-state index is -0.285. The minimum absolute atomic E-state index is 0.0174. The van der Waals surface area contributed by atoms with Crippen molar-refractivity contribution in [1.29, 1.82) is 0 Å². The second kappa shape index (κ2) is 9.82. The molecule has 8 heteroatoms. The van der Waals surface area contributed by atoms with Crippen molar-refractivity contribution in [3.8, 4) is 5.75 Å². The molecule has 8 nitrogen and oxygen atoms in total. The highest BCUT2D eigenvalue weighted by molar-refractivity contribution is 5.94. The van der Waals surface area contributed by atoms with E-state index in [1.807, 2.05) is 30.3 Å². The molecule has 4 rings (SSSR count). The van der Waals surface area contributed by atoms with Gasteiger partial charge in [-0.3, -0.25) is 19.3 Å². The van der Waals surface area contributed by atoms with Crippen molar-refractivity contribution in [3.63, 3.8) is 0 Å². The average Bonchev–Trinajstić information content (AvgIpc) is 3.24. The highest BCUT2D eigenvalue weighted by Crippen LogP contribution is 2.26. The lowest BCUT2D eigenvalue weighted by molar-refractivity contribution is -0.129. The fraction of sp³-hybridized carbons (Fsp3) is 0.375. The maximum atomic E-state index is 12.6. The number of rotatable bonds is 7. The Morgan fingerprint density at radius 2 is 1.88 bits per heavy atom. The molecule has 2 aromatic carbocycles. The number of nitrogens with zero attached hydrogens (tertiary/aromatic N) is 1. The van der Waals surface area contributed by atoms with Crippen molar-refractivity contribution < 1.29 is 19.1 Å². The molecular weight excluding hydrogens is 408 g/mol. The van der Waals surface area contributed by atoms with Crippen LogP contribution >= 0.6 is 0 Å². The van der Waals surface area contributed by atoms with Gasteiger partial charge in [-0.15, -0.1) is 0 Å². The van der Waals surface area contributed by atoms with Crippen molar-refractivity contribution in [3.05, 3.63) is 60.2 Å². The van der Waals surface area contributed by atoms with Gasteiger partial charge in [-0.25, -0.2) is 0 Å². The quantitative estimate of drug-likeness (QED) is 0.615. The van der Waals surface area contributed by atoms with Gasteiger partial charge in [0.15, 0.2) is 0 Å². The highest BCUT2D eigenvalue weighted by atomic mass is 16.5. The molecule has 2 aromatic rings. The van der Waals surface area contributed by atoms with E-state index in [4.69, 9.17) is 4.74 Å². The van der Waals surface area contributed by atoms with Crippen LogP contribution in [-0.2, 0) is 9.59 Å². The monoisotopic (exact) mass is 436 g/mol. The summed E-state index contributed by atoms with van der Waals surface area (Å²) in [5.74, 6) is 0.455. The van der Waals surface area contributed by atoms with E-state index < -0.39 is 0 Å². The van der Waals surface area contributed by atoms with E-state index >= 15 is 0 Å². The number of piperazine rings is 1. The second-order valence-electron chi connectivity index (χ2n) is 8.20. The Labute approximate surface area is 187 Å². The van der Waals surface area contributed by atoms with Crippen molar-refractivity contribution in [2.45, 2.75) is 37.4 Å². The third-order valence-electron chi connectivity index (χ3n) is 6.07. The number of methoxy groups -OCH3 is 1. The van der Waals surface area contributed by atoms with E-state index in [2.05, 4.69) is 20.9 Å². The van der Waals surface area contributed by atoms with Crippen LogP contribution in [0.2, 0.25) is 0 Å². The summed E-state index contributed by atoms with van der Waals surface area (Å²) in [4.78, 5) is 39.5. The normalized spacial score (nSPS) is 22.5. The molecule has 2 aliphatic rings. The maximum absolute atomic E-state index is 12.6. The molecule has 2 heterocycles. The number of hydrogen-bond acceptors (Lipinski definition) is 5. The second-order valence-corrected chi connectivity index (χ2v) is 8.20. The number of amides is 3.